The molecule has 49 heavy (non-hydrogen) atoms. The number of hydrogen-bond donors (Lipinski definition) is 1. The molecule has 0 fully saturated rings. The van der Waals surface area contributed by atoms with E-state index in [2.05, 4.69) is 68.5 Å². The minimum atomic E-state index is -0.786. The van der Waals surface area contributed by atoms with Crippen molar-refractivity contribution in [1.29, 1.82) is 0 Å². The normalized spacial score (nSPS) is 13.6. The molecule has 4 heteroatoms. The first-order valence-corrected chi connectivity index (χ1v) is 20.8. The lowest BCUT2D eigenvalue weighted by Gasteiger charge is -2.18. The third-order valence-electron chi connectivity index (χ3n) is 8.92. The van der Waals surface area contributed by atoms with Crippen LogP contribution in [0, 0.1) is 5.92 Å². The molecule has 0 spiro atoms. The van der Waals surface area contributed by atoms with E-state index in [4.69, 9.17) is 9.47 Å². The molecule has 0 aromatic rings. The second kappa shape index (κ2) is 40.5. The van der Waals surface area contributed by atoms with Crippen LogP contribution in [0.3, 0.4) is 0 Å². The Morgan fingerprint density at radius 2 is 0.959 bits per heavy atom. The van der Waals surface area contributed by atoms with E-state index in [1.54, 1.807) is 6.26 Å². The lowest BCUT2D eigenvalue weighted by Crippen LogP contribution is -2.23. The van der Waals surface area contributed by atoms with Gasteiger partial charge in [-0.2, -0.15) is 0 Å². The number of Topliss-reactive ketones (excluding diaryl/α,β-unsaturated/α-hetero) is 1. The Kier molecular flexibility index (Phi) is 38.9. The van der Waals surface area contributed by atoms with Gasteiger partial charge in [0.2, 0.25) is 0 Å². The summed E-state index contributed by atoms with van der Waals surface area (Å²) >= 11 is 0. The highest BCUT2D eigenvalue weighted by molar-refractivity contribution is 5.78. The fraction of sp³-hybridized carbons (Fsp3) is 0.756. The number of aliphatic hydroxyl groups excluding tert-OH is 1. The Hall–Kier alpha value is -1.91. The van der Waals surface area contributed by atoms with Gasteiger partial charge in [-0.1, -0.05) is 166 Å². The molecule has 0 saturated carbocycles. The minimum Gasteiger partial charge on any atom is -0.501 e. The van der Waals surface area contributed by atoms with Crippen LogP contribution < -0.4 is 0 Å². The van der Waals surface area contributed by atoms with E-state index in [9.17, 15) is 9.90 Å². The molecule has 0 aliphatic heterocycles. The van der Waals surface area contributed by atoms with Gasteiger partial charge in [-0.05, 0) is 70.3 Å². The van der Waals surface area contributed by atoms with Crippen molar-refractivity contribution in [2.24, 2.45) is 5.92 Å². The first kappa shape index (κ1) is 47.1. The fourth-order valence-electron chi connectivity index (χ4n) is 5.72. The van der Waals surface area contributed by atoms with Gasteiger partial charge in [0.15, 0.2) is 6.29 Å². The van der Waals surface area contributed by atoms with Gasteiger partial charge in [0.25, 0.3) is 0 Å². The van der Waals surface area contributed by atoms with E-state index < -0.39 is 6.29 Å². The third-order valence-corrected chi connectivity index (χ3v) is 8.92. The van der Waals surface area contributed by atoms with Gasteiger partial charge in [-0.15, -0.1) is 0 Å². The lowest BCUT2D eigenvalue weighted by molar-refractivity contribution is -0.128. The maximum atomic E-state index is 12.7. The summed E-state index contributed by atoms with van der Waals surface area (Å²) < 4.78 is 11.4. The Bertz CT molecular complexity index is 824. The summed E-state index contributed by atoms with van der Waals surface area (Å²) in [6, 6.07) is 0. The zero-order chi connectivity index (χ0) is 35.7. The molecule has 4 nitrogen and oxygen atoms in total. The number of ketones is 1. The van der Waals surface area contributed by atoms with Crippen LogP contribution in [-0.2, 0) is 14.3 Å². The van der Waals surface area contributed by atoms with Crippen LogP contribution in [0.4, 0.5) is 0 Å². The molecule has 0 rings (SSSR count). The predicted octanol–water partition coefficient (Wildman–Crippen LogP) is 13.9. The number of aliphatic hydroxyl groups is 1. The molecule has 2 unspecified atom stereocenters. The molecule has 0 bridgehead atoms. The Morgan fingerprint density at radius 3 is 1.49 bits per heavy atom. The molecule has 0 saturated heterocycles. The largest absolute Gasteiger partial charge is 0.501 e. The highest BCUT2D eigenvalue weighted by Gasteiger charge is 2.16. The fourth-order valence-corrected chi connectivity index (χ4v) is 5.72. The van der Waals surface area contributed by atoms with Gasteiger partial charge in [0, 0.05) is 18.8 Å². The summed E-state index contributed by atoms with van der Waals surface area (Å²) in [5.41, 5.74) is 0. The number of unbranched alkanes of at least 4 members (excludes halogenated alkanes) is 18. The van der Waals surface area contributed by atoms with Gasteiger partial charge < -0.3 is 14.6 Å². The van der Waals surface area contributed by atoms with Crippen LogP contribution in [0.5, 0.6) is 0 Å². The van der Waals surface area contributed by atoms with E-state index in [1.165, 1.54) is 116 Å². The lowest BCUT2D eigenvalue weighted by atomic mass is 10.0. The maximum absolute atomic E-state index is 12.7. The number of hydrogen-bond acceptors (Lipinski definition) is 4. The average molecular weight is 685 g/mol. The monoisotopic (exact) mass is 685 g/mol. The second-order valence-electron chi connectivity index (χ2n) is 13.9. The van der Waals surface area contributed by atoms with E-state index in [1.807, 2.05) is 6.92 Å². The number of carbonyl (C=O) groups is 1. The van der Waals surface area contributed by atoms with Gasteiger partial charge in [0.1, 0.15) is 5.78 Å². The van der Waals surface area contributed by atoms with Crippen molar-refractivity contribution in [3.8, 4) is 0 Å². The summed E-state index contributed by atoms with van der Waals surface area (Å²) in [6.45, 7) is 7.19. The molecule has 0 heterocycles. The quantitative estimate of drug-likeness (QED) is 0.0304. The molecule has 284 valence electrons. The van der Waals surface area contributed by atoms with Gasteiger partial charge in [-0.25, -0.2) is 0 Å². The number of rotatable bonds is 38. The SMILES string of the molecule is CCCCC/C=C\C/C=C\C/C=C\C/C=C\CCCC(=O)CC(CO/C=C\CCCCCCCCCCCCCCCC)COC(O)CC. The van der Waals surface area contributed by atoms with Crippen molar-refractivity contribution in [3.63, 3.8) is 0 Å². The number of carbonyl (C=O) groups excluding carboxylic acids is 1. The predicted molar refractivity (Wildman–Crippen MR) is 214 cm³/mol. The highest BCUT2D eigenvalue weighted by Crippen LogP contribution is 2.15. The standard InChI is InChI=1S/C45H80O4/c1-4-7-9-11-13-15-17-19-21-23-24-26-28-30-32-34-36-38-44(46)40-43(42-49-45(47)6-3)41-48-39-37-35-33-31-29-27-25-22-20-18-16-14-12-10-8-5-2/h13,15,19,21,24,26,30,32,37,39,43,45,47H,4-12,14,16-18,20,22-23,25,27-29,31,33-36,38,40-42H2,1-3H3/b15-13-,21-19-,26-24-,32-30-,39-37-. The molecule has 1 N–H and O–H groups in total. The molecule has 0 aliphatic rings. The van der Waals surface area contributed by atoms with E-state index in [-0.39, 0.29) is 11.7 Å². The van der Waals surface area contributed by atoms with Gasteiger partial charge in [-0.3, -0.25) is 4.79 Å². The molecule has 0 radical (unpaired) electrons. The maximum Gasteiger partial charge on any atom is 0.154 e. The van der Waals surface area contributed by atoms with Crippen molar-refractivity contribution >= 4 is 5.78 Å². The summed E-state index contributed by atoms with van der Waals surface area (Å²) in [5.74, 6) is 0.196. The Labute approximate surface area is 305 Å². The summed E-state index contributed by atoms with van der Waals surface area (Å²) in [6.07, 6.45) is 52.6. The summed E-state index contributed by atoms with van der Waals surface area (Å²) in [5, 5.41) is 9.85. The van der Waals surface area contributed by atoms with Crippen molar-refractivity contribution in [1.82, 2.24) is 0 Å². The first-order valence-electron chi connectivity index (χ1n) is 20.8. The average Bonchev–Trinajstić information content (AvgIpc) is 3.11. The van der Waals surface area contributed by atoms with Crippen molar-refractivity contribution in [2.75, 3.05) is 13.2 Å². The summed E-state index contributed by atoms with van der Waals surface area (Å²) in [4.78, 5) is 12.7. The van der Waals surface area contributed by atoms with Crippen LogP contribution >= 0.6 is 0 Å². The van der Waals surface area contributed by atoms with Crippen LogP contribution in [0.1, 0.15) is 194 Å². The van der Waals surface area contributed by atoms with E-state index in [0.29, 0.717) is 32.5 Å². The van der Waals surface area contributed by atoms with Gasteiger partial charge in [0.05, 0.1) is 19.5 Å². The zero-order valence-electron chi connectivity index (χ0n) is 32.6. The highest BCUT2D eigenvalue weighted by atomic mass is 16.6. The number of ether oxygens (including phenoxy) is 2. The summed E-state index contributed by atoms with van der Waals surface area (Å²) in [7, 11) is 0. The third kappa shape index (κ3) is 38.7. The van der Waals surface area contributed by atoms with Crippen molar-refractivity contribution in [2.45, 2.75) is 200 Å². The second-order valence-corrected chi connectivity index (χ2v) is 13.9. The molecule has 2 atom stereocenters. The molecule has 0 aromatic heterocycles. The molecule has 0 aliphatic carbocycles. The number of allylic oxidation sites excluding steroid dienone is 9. The van der Waals surface area contributed by atoms with Crippen molar-refractivity contribution < 1.29 is 19.4 Å². The van der Waals surface area contributed by atoms with E-state index in [0.717, 1.165) is 38.5 Å². The van der Waals surface area contributed by atoms with Crippen LogP contribution in [0.2, 0.25) is 0 Å². The first-order chi connectivity index (χ1) is 24.1. The van der Waals surface area contributed by atoms with E-state index >= 15 is 0 Å². The van der Waals surface area contributed by atoms with Gasteiger partial charge >= 0.3 is 0 Å². The van der Waals surface area contributed by atoms with Crippen LogP contribution in [0.15, 0.2) is 60.9 Å². The molecule has 0 aromatic carbocycles. The Balaban J connectivity index is 3.97. The van der Waals surface area contributed by atoms with Crippen molar-refractivity contribution in [3.05, 3.63) is 60.9 Å². The molecular weight excluding hydrogens is 604 g/mol. The minimum absolute atomic E-state index is 0.0454. The smallest absolute Gasteiger partial charge is 0.154 e. The van der Waals surface area contributed by atoms with Crippen LogP contribution in [0.25, 0.3) is 0 Å². The Morgan fingerprint density at radius 1 is 0.531 bits per heavy atom. The zero-order valence-corrected chi connectivity index (χ0v) is 32.6. The molecular formula is C45H80O4. The molecule has 0 amide bonds. The topological polar surface area (TPSA) is 55.8 Å². The van der Waals surface area contributed by atoms with Crippen LogP contribution in [-0.4, -0.2) is 30.4 Å².